The summed E-state index contributed by atoms with van der Waals surface area (Å²) >= 11 is 3.53. The van der Waals surface area contributed by atoms with Crippen molar-refractivity contribution >= 4 is 27.3 Å². The first-order chi connectivity index (χ1) is 10.00. The van der Waals surface area contributed by atoms with E-state index in [0.717, 1.165) is 29.3 Å². The van der Waals surface area contributed by atoms with E-state index in [9.17, 15) is 9.90 Å². The maximum atomic E-state index is 12.2. The van der Waals surface area contributed by atoms with Gasteiger partial charge < -0.3 is 5.11 Å². The molecule has 1 aromatic carbocycles. The number of halogens is 1. The van der Waals surface area contributed by atoms with E-state index >= 15 is 0 Å². The molecule has 0 fully saturated rings. The second kappa shape index (κ2) is 5.28. The monoisotopic (exact) mass is 348 g/mol. The van der Waals surface area contributed by atoms with Gasteiger partial charge in [-0.25, -0.2) is 0 Å². The molecule has 0 heterocycles. The van der Waals surface area contributed by atoms with Crippen LogP contribution in [0.4, 0.5) is 0 Å². The third-order valence-electron chi connectivity index (χ3n) is 5.17. The molecule has 1 N–H and O–H groups in total. The number of hydrogen-bond donors (Lipinski definition) is 1. The lowest BCUT2D eigenvalue weighted by molar-refractivity contribution is -0.116. The molecule has 0 spiro atoms. The first-order valence-corrected chi connectivity index (χ1v) is 8.55. The Balaban J connectivity index is 2.19. The number of Topliss-reactive ketones (excluding diaryl/α,β-unsaturated/α-hetero) is 1. The molecule has 0 bridgehead atoms. The molecule has 1 unspecified atom stereocenters. The van der Waals surface area contributed by atoms with Gasteiger partial charge in [-0.2, -0.15) is 0 Å². The topological polar surface area (TPSA) is 37.3 Å². The number of allylic oxidation sites excluding steroid dienone is 2. The molecule has 2 nitrogen and oxygen atoms in total. The minimum Gasteiger partial charge on any atom is -0.507 e. The van der Waals surface area contributed by atoms with Crippen molar-refractivity contribution in [1.82, 2.24) is 0 Å². The van der Waals surface area contributed by atoms with Crippen LogP contribution < -0.4 is 0 Å². The average molecular weight is 349 g/mol. The van der Waals surface area contributed by atoms with E-state index < -0.39 is 0 Å². The van der Waals surface area contributed by atoms with Gasteiger partial charge in [0.15, 0.2) is 5.78 Å². The minimum absolute atomic E-state index is 0.104. The third-order valence-corrected chi connectivity index (χ3v) is 6.06. The van der Waals surface area contributed by atoms with Crippen LogP contribution in [0.15, 0.2) is 22.2 Å². The number of rotatable bonds is 3. The van der Waals surface area contributed by atoms with Crippen molar-refractivity contribution in [2.45, 2.75) is 52.4 Å². The van der Waals surface area contributed by atoms with Crippen molar-refractivity contribution < 1.29 is 9.90 Å². The second-order valence-electron chi connectivity index (χ2n) is 6.41. The summed E-state index contributed by atoms with van der Waals surface area (Å²) in [6.45, 7) is 4.19. The van der Waals surface area contributed by atoms with Crippen LogP contribution in [0.1, 0.15) is 57.1 Å². The first kappa shape index (κ1) is 14.8. The summed E-state index contributed by atoms with van der Waals surface area (Å²) in [6.07, 6.45) is 6.03. The lowest BCUT2D eigenvalue weighted by atomic mass is 9.67. The van der Waals surface area contributed by atoms with Gasteiger partial charge in [0.05, 0.1) is 4.47 Å². The smallest absolute Gasteiger partial charge is 0.158 e. The van der Waals surface area contributed by atoms with Crippen LogP contribution in [-0.4, -0.2) is 10.9 Å². The number of aromatic hydroxyl groups is 1. The molecule has 3 rings (SSSR count). The van der Waals surface area contributed by atoms with Crippen molar-refractivity contribution in [2.75, 3.05) is 0 Å². The van der Waals surface area contributed by atoms with Crippen LogP contribution in [-0.2, 0) is 11.2 Å². The molecule has 3 heteroatoms. The maximum absolute atomic E-state index is 12.2. The van der Waals surface area contributed by atoms with Gasteiger partial charge in [0.1, 0.15) is 5.75 Å². The van der Waals surface area contributed by atoms with E-state index in [1.54, 1.807) is 6.07 Å². The molecule has 21 heavy (non-hydrogen) atoms. The molecule has 0 amide bonds. The molecule has 1 aromatic rings. The number of phenolic OH excluding ortho intramolecular Hbond substituents is 1. The zero-order chi connectivity index (χ0) is 15.2. The van der Waals surface area contributed by atoms with Crippen molar-refractivity contribution in [2.24, 2.45) is 5.41 Å². The summed E-state index contributed by atoms with van der Waals surface area (Å²) in [5.41, 5.74) is 4.64. The van der Waals surface area contributed by atoms with E-state index in [2.05, 4.69) is 22.9 Å². The van der Waals surface area contributed by atoms with Gasteiger partial charge in [0.25, 0.3) is 0 Å². The van der Waals surface area contributed by atoms with Crippen molar-refractivity contribution in [3.05, 3.63) is 33.3 Å². The molecule has 0 aromatic heterocycles. The Labute approximate surface area is 134 Å². The molecule has 1 atom stereocenters. The highest BCUT2D eigenvalue weighted by atomic mass is 79.9. The number of carbonyl (C=O) groups excluding carboxylic acids is 1. The van der Waals surface area contributed by atoms with E-state index in [1.165, 1.54) is 29.5 Å². The van der Waals surface area contributed by atoms with E-state index in [0.29, 0.717) is 12.2 Å². The van der Waals surface area contributed by atoms with E-state index in [1.807, 2.05) is 13.0 Å². The van der Waals surface area contributed by atoms with Gasteiger partial charge in [-0.15, -0.1) is 0 Å². The normalized spacial score (nSPS) is 24.2. The van der Waals surface area contributed by atoms with Gasteiger partial charge in [0, 0.05) is 11.8 Å². The zero-order valence-corrected chi connectivity index (χ0v) is 14.2. The number of phenols is 1. The Bertz CT molecular complexity index is 645. The summed E-state index contributed by atoms with van der Waals surface area (Å²) in [5, 5.41) is 9.97. The van der Waals surface area contributed by atoms with Gasteiger partial charge in [0.2, 0.25) is 0 Å². The van der Waals surface area contributed by atoms with Crippen molar-refractivity contribution in [3.8, 4) is 5.75 Å². The van der Waals surface area contributed by atoms with E-state index in [4.69, 9.17) is 0 Å². The van der Waals surface area contributed by atoms with Crippen LogP contribution in [0.5, 0.6) is 5.75 Å². The van der Waals surface area contributed by atoms with Crippen LogP contribution in [0.25, 0.3) is 5.57 Å². The Kier molecular flexibility index (Phi) is 3.73. The Hall–Kier alpha value is -1.09. The highest BCUT2D eigenvalue weighted by Crippen LogP contribution is 2.58. The molecule has 112 valence electrons. The number of benzene rings is 1. The number of hydrogen-bond acceptors (Lipinski definition) is 2. The highest BCUT2D eigenvalue weighted by molar-refractivity contribution is 9.10. The summed E-state index contributed by atoms with van der Waals surface area (Å²) in [5.74, 6) is 0.580. The largest absolute Gasteiger partial charge is 0.507 e. The second-order valence-corrected chi connectivity index (χ2v) is 7.20. The quantitative estimate of drug-likeness (QED) is 0.832. The summed E-state index contributed by atoms with van der Waals surface area (Å²) < 4.78 is 0.804. The fourth-order valence-electron chi connectivity index (χ4n) is 4.07. The third kappa shape index (κ3) is 2.17. The van der Waals surface area contributed by atoms with Gasteiger partial charge >= 0.3 is 0 Å². The van der Waals surface area contributed by atoms with E-state index in [-0.39, 0.29) is 11.2 Å². The number of ketones is 1. The number of unbranched alkanes of at least 4 members (excludes halogenated alkanes) is 1. The SMILES string of the molecule is CCCCC12CCC(=O)C(C)=C1c1ccc(O)c(Br)c1C2. The lowest BCUT2D eigenvalue weighted by Gasteiger charge is -2.36. The molecule has 2 aliphatic carbocycles. The van der Waals surface area contributed by atoms with Crippen LogP contribution in [0.2, 0.25) is 0 Å². The Morgan fingerprint density at radius 2 is 2.14 bits per heavy atom. The summed E-state index contributed by atoms with van der Waals surface area (Å²) in [7, 11) is 0. The Morgan fingerprint density at radius 3 is 2.86 bits per heavy atom. The van der Waals surface area contributed by atoms with Gasteiger partial charge in [-0.3, -0.25) is 4.79 Å². The highest BCUT2D eigenvalue weighted by Gasteiger charge is 2.46. The Morgan fingerprint density at radius 1 is 1.38 bits per heavy atom. The summed E-state index contributed by atoms with van der Waals surface area (Å²) in [4.78, 5) is 12.2. The molecule has 0 saturated carbocycles. The van der Waals surface area contributed by atoms with Crippen LogP contribution >= 0.6 is 15.9 Å². The average Bonchev–Trinajstić information content (AvgIpc) is 2.81. The van der Waals surface area contributed by atoms with Crippen molar-refractivity contribution in [1.29, 1.82) is 0 Å². The van der Waals surface area contributed by atoms with Crippen LogP contribution in [0.3, 0.4) is 0 Å². The molecule has 0 radical (unpaired) electrons. The minimum atomic E-state index is 0.104. The predicted molar refractivity (Wildman–Crippen MR) is 88.3 cm³/mol. The standard InChI is InChI=1S/C18H21BrO2/c1-3-4-8-18-9-7-14(20)11(2)16(18)12-5-6-15(21)17(19)13(12)10-18/h5-6,21H,3-4,7-10H2,1-2H3. The molecule has 0 saturated heterocycles. The number of fused-ring (bicyclic) bond motifs is 3. The zero-order valence-electron chi connectivity index (χ0n) is 12.6. The number of carbonyl (C=O) groups is 1. The molecular weight excluding hydrogens is 328 g/mol. The maximum Gasteiger partial charge on any atom is 0.158 e. The fourth-order valence-corrected chi connectivity index (χ4v) is 4.56. The molecular formula is C18H21BrO2. The van der Waals surface area contributed by atoms with Crippen LogP contribution in [0, 0.1) is 5.41 Å². The van der Waals surface area contributed by atoms with Gasteiger partial charge in [-0.1, -0.05) is 25.8 Å². The molecule has 2 aliphatic rings. The summed E-state index contributed by atoms with van der Waals surface area (Å²) in [6, 6.07) is 3.72. The molecule has 0 aliphatic heterocycles. The first-order valence-electron chi connectivity index (χ1n) is 7.75. The van der Waals surface area contributed by atoms with Crippen molar-refractivity contribution in [3.63, 3.8) is 0 Å². The lowest BCUT2D eigenvalue weighted by Crippen LogP contribution is -2.28. The predicted octanol–water partition coefficient (Wildman–Crippen LogP) is 5.02. The van der Waals surface area contributed by atoms with Gasteiger partial charge in [-0.05, 0) is 70.5 Å². The fraction of sp³-hybridized carbons (Fsp3) is 0.500.